The van der Waals surface area contributed by atoms with Gasteiger partial charge in [0, 0.05) is 0 Å². The van der Waals surface area contributed by atoms with Crippen LogP contribution in [0.3, 0.4) is 0 Å². The largest absolute Gasteiger partial charge is 0.348 e. The van der Waals surface area contributed by atoms with Crippen LogP contribution in [-0.2, 0) is 4.79 Å². The first-order valence-electron chi connectivity index (χ1n) is 5.97. The molecular formula is C14H18N2O. The molecule has 0 heterocycles. The second-order valence-corrected chi connectivity index (χ2v) is 3.97. The molecule has 0 radical (unpaired) electrons. The molecule has 0 aliphatic carbocycles. The van der Waals surface area contributed by atoms with Crippen LogP contribution in [0.2, 0.25) is 0 Å². The summed E-state index contributed by atoms with van der Waals surface area (Å²) in [5.74, 6) is -0.724. The third-order valence-electron chi connectivity index (χ3n) is 2.81. The first-order valence-corrected chi connectivity index (χ1v) is 5.97. The summed E-state index contributed by atoms with van der Waals surface area (Å²) in [6.45, 7) is 3.86. The number of hydrogen-bond acceptors (Lipinski definition) is 2. The van der Waals surface area contributed by atoms with Crippen molar-refractivity contribution in [1.82, 2.24) is 5.32 Å². The Morgan fingerprint density at radius 2 is 1.94 bits per heavy atom. The molecule has 1 aromatic carbocycles. The van der Waals surface area contributed by atoms with Crippen molar-refractivity contribution < 1.29 is 4.79 Å². The summed E-state index contributed by atoms with van der Waals surface area (Å²) in [5.41, 5.74) is 1.08. The first kappa shape index (κ1) is 13.2. The topological polar surface area (TPSA) is 52.9 Å². The van der Waals surface area contributed by atoms with Crippen molar-refractivity contribution in [2.24, 2.45) is 5.92 Å². The Balaban J connectivity index is 2.72. The Labute approximate surface area is 102 Å². The molecule has 0 spiro atoms. The Kier molecular flexibility index (Phi) is 5.22. The highest BCUT2D eigenvalue weighted by atomic mass is 16.1. The van der Waals surface area contributed by atoms with E-state index in [0.29, 0.717) is 6.42 Å². The number of hydrogen-bond donors (Lipinski definition) is 1. The molecule has 3 nitrogen and oxygen atoms in total. The fourth-order valence-electron chi connectivity index (χ4n) is 1.71. The number of nitrogens with zero attached hydrogens (tertiary/aromatic N) is 1. The molecule has 0 saturated heterocycles. The van der Waals surface area contributed by atoms with Gasteiger partial charge in [0.05, 0.1) is 12.1 Å². The van der Waals surface area contributed by atoms with Gasteiger partial charge in [-0.3, -0.25) is 4.79 Å². The van der Waals surface area contributed by atoms with E-state index in [9.17, 15) is 4.79 Å². The van der Waals surface area contributed by atoms with Crippen molar-refractivity contribution in [3.63, 3.8) is 0 Å². The molecule has 1 aromatic rings. The molecular weight excluding hydrogens is 212 g/mol. The van der Waals surface area contributed by atoms with Crippen LogP contribution in [0.15, 0.2) is 30.3 Å². The summed E-state index contributed by atoms with van der Waals surface area (Å²) >= 11 is 0. The van der Waals surface area contributed by atoms with Crippen LogP contribution in [-0.4, -0.2) is 5.91 Å². The highest BCUT2D eigenvalue weighted by Crippen LogP contribution is 2.16. The van der Waals surface area contributed by atoms with E-state index >= 15 is 0 Å². The van der Waals surface area contributed by atoms with Crippen LogP contribution in [0.1, 0.15) is 38.3 Å². The lowest BCUT2D eigenvalue weighted by Crippen LogP contribution is -2.33. The Bertz CT molecular complexity index is 394. The number of benzene rings is 1. The van der Waals surface area contributed by atoms with Crippen LogP contribution in [0.4, 0.5) is 0 Å². The average Bonchev–Trinajstić information content (AvgIpc) is 2.38. The number of amides is 1. The molecule has 0 saturated carbocycles. The maximum Gasteiger partial charge on any atom is 0.237 e. The van der Waals surface area contributed by atoms with Crippen molar-refractivity contribution in [1.29, 1.82) is 5.26 Å². The maximum atomic E-state index is 11.8. The van der Waals surface area contributed by atoms with Gasteiger partial charge in [-0.05, 0) is 18.4 Å². The lowest BCUT2D eigenvalue weighted by atomic mass is 10.0. The van der Waals surface area contributed by atoms with Gasteiger partial charge in [0.15, 0.2) is 0 Å². The summed E-state index contributed by atoms with van der Waals surface area (Å²) in [4.78, 5) is 11.8. The van der Waals surface area contributed by atoms with Gasteiger partial charge in [0.1, 0.15) is 5.92 Å². The average molecular weight is 230 g/mol. The zero-order chi connectivity index (χ0) is 12.7. The lowest BCUT2D eigenvalue weighted by molar-refractivity contribution is -0.124. The van der Waals surface area contributed by atoms with Gasteiger partial charge >= 0.3 is 0 Å². The zero-order valence-corrected chi connectivity index (χ0v) is 10.3. The molecule has 0 aromatic heterocycles. The minimum atomic E-state index is -0.548. The van der Waals surface area contributed by atoms with E-state index in [4.69, 9.17) is 5.26 Å². The highest BCUT2D eigenvalue weighted by molar-refractivity contribution is 5.81. The molecule has 1 amide bonds. The molecule has 17 heavy (non-hydrogen) atoms. The highest BCUT2D eigenvalue weighted by Gasteiger charge is 2.19. The van der Waals surface area contributed by atoms with E-state index in [2.05, 4.69) is 5.32 Å². The molecule has 0 aliphatic rings. The monoisotopic (exact) mass is 230 g/mol. The minimum absolute atomic E-state index is 0.00824. The van der Waals surface area contributed by atoms with E-state index in [1.165, 1.54) is 0 Å². The first-order chi connectivity index (χ1) is 8.22. The fourth-order valence-corrected chi connectivity index (χ4v) is 1.71. The summed E-state index contributed by atoms with van der Waals surface area (Å²) in [6, 6.07) is 11.8. The van der Waals surface area contributed by atoms with Gasteiger partial charge in [-0.1, -0.05) is 44.2 Å². The van der Waals surface area contributed by atoms with Gasteiger partial charge in [-0.25, -0.2) is 0 Å². The number of nitrogens with one attached hydrogen (secondary N) is 1. The van der Waals surface area contributed by atoms with E-state index in [-0.39, 0.29) is 11.9 Å². The van der Waals surface area contributed by atoms with Crippen molar-refractivity contribution in [2.75, 3.05) is 0 Å². The SMILES string of the molecule is CC[C@@H](C#N)C(=O)N[C@H](CC)c1ccccc1. The number of nitriles is 1. The second-order valence-electron chi connectivity index (χ2n) is 3.97. The van der Waals surface area contributed by atoms with Crippen LogP contribution in [0.5, 0.6) is 0 Å². The summed E-state index contributed by atoms with van der Waals surface area (Å²) in [7, 11) is 0. The van der Waals surface area contributed by atoms with E-state index in [1.54, 1.807) is 0 Å². The molecule has 2 atom stereocenters. The second kappa shape index (κ2) is 6.70. The number of rotatable bonds is 5. The van der Waals surface area contributed by atoms with Crippen LogP contribution < -0.4 is 5.32 Å². The predicted octanol–water partition coefficient (Wildman–Crippen LogP) is 2.80. The summed E-state index contributed by atoms with van der Waals surface area (Å²) in [6.07, 6.45) is 1.37. The van der Waals surface area contributed by atoms with Crippen LogP contribution >= 0.6 is 0 Å². The van der Waals surface area contributed by atoms with E-state index in [1.807, 2.05) is 50.2 Å². The predicted molar refractivity (Wildman–Crippen MR) is 67.0 cm³/mol. The van der Waals surface area contributed by atoms with Crippen LogP contribution in [0, 0.1) is 17.2 Å². The normalized spacial score (nSPS) is 13.5. The van der Waals surface area contributed by atoms with Crippen molar-refractivity contribution >= 4 is 5.91 Å². The smallest absolute Gasteiger partial charge is 0.237 e. The molecule has 0 aliphatic heterocycles. The quantitative estimate of drug-likeness (QED) is 0.845. The number of carbonyl (C=O) groups excluding carboxylic acids is 1. The molecule has 0 bridgehead atoms. The lowest BCUT2D eigenvalue weighted by Gasteiger charge is -2.18. The van der Waals surface area contributed by atoms with Crippen LogP contribution in [0.25, 0.3) is 0 Å². The minimum Gasteiger partial charge on any atom is -0.348 e. The Hall–Kier alpha value is -1.82. The van der Waals surface area contributed by atoms with Gasteiger partial charge in [-0.2, -0.15) is 5.26 Å². The van der Waals surface area contributed by atoms with E-state index < -0.39 is 5.92 Å². The maximum absolute atomic E-state index is 11.8. The van der Waals surface area contributed by atoms with Crippen molar-refractivity contribution in [2.45, 2.75) is 32.7 Å². The molecule has 3 heteroatoms. The molecule has 1 rings (SSSR count). The Morgan fingerprint density at radius 3 is 2.41 bits per heavy atom. The van der Waals surface area contributed by atoms with Crippen molar-refractivity contribution in [3.05, 3.63) is 35.9 Å². The van der Waals surface area contributed by atoms with Gasteiger partial charge < -0.3 is 5.32 Å². The fraction of sp³-hybridized carbons (Fsp3) is 0.429. The Morgan fingerprint density at radius 1 is 1.29 bits per heavy atom. The summed E-state index contributed by atoms with van der Waals surface area (Å²) in [5, 5.41) is 11.8. The number of carbonyl (C=O) groups is 1. The van der Waals surface area contributed by atoms with Gasteiger partial charge in [0.2, 0.25) is 5.91 Å². The molecule has 1 N–H and O–H groups in total. The third-order valence-corrected chi connectivity index (χ3v) is 2.81. The van der Waals surface area contributed by atoms with E-state index in [0.717, 1.165) is 12.0 Å². The van der Waals surface area contributed by atoms with Gasteiger partial charge in [-0.15, -0.1) is 0 Å². The molecule has 0 unspecified atom stereocenters. The standard InChI is InChI=1S/C14H18N2O/c1-3-11(10-15)14(17)16-13(4-2)12-8-6-5-7-9-12/h5-9,11,13H,3-4H2,1-2H3,(H,16,17)/t11-,13+/m0/s1. The third kappa shape index (κ3) is 3.60. The zero-order valence-electron chi connectivity index (χ0n) is 10.3. The van der Waals surface area contributed by atoms with Crippen molar-refractivity contribution in [3.8, 4) is 6.07 Å². The van der Waals surface area contributed by atoms with Gasteiger partial charge in [0.25, 0.3) is 0 Å². The molecule has 0 fully saturated rings. The summed E-state index contributed by atoms with van der Waals surface area (Å²) < 4.78 is 0. The molecule has 90 valence electrons.